The van der Waals surface area contributed by atoms with E-state index in [1.165, 1.54) is 6.07 Å². The first-order valence-corrected chi connectivity index (χ1v) is 12.1. The number of rotatable bonds is 5. The number of hydrogen-bond acceptors (Lipinski definition) is 5. The quantitative estimate of drug-likeness (QED) is 0.495. The molecule has 2 aliphatic rings. The number of carbonyl (C=O) groups is 1. The van der Waals surface area contributed by atoms with Crippen LogP contribution in [0, 0.1) is 5.82 Å². The van der Waals surface area contributed by atoms with Crippen molar-refractivity contribution in [2.45, 2.75) is 63.0 Å². The summed E-state index contributed by atoms with van der Waals surface area (Å²) >= 11 is 0. The number of amides is 1. The van der Waals surface area contributed by atoms with Crippen LogP contribution < -0.4 is 15.4 Å². The van der Waals surface area contributed by atoms with Gasteiger partial charge in [0, 0.05) is 18.4 Å². The summed E-state index contributed by atoms with van der Waals surface area (Å²) in [5, 5.41) is 15.1. The molecule has 0 radical (unpaired) electrons. The van der Waals surface area contributed by atoms with Crippen molar-refractivity contribution in [2.75, 3.05) is 7.11 Å². The van der Waals surface area contributed by atoms with Crippen LogP contribution in [0.15, 0.2) is 42.5 Å². The number of methoxy groups -OCH3 is 1. The van der Waals surface area contributed by atoms with E-state index in [1.54, 1.807) is 18.7 Å². The average Bonchev–Trinajstić information content (AvgIpc) is 3.29. The fourth-order valence-corrected chi connectivity index (χ4v) is 5.40. The van der Waals surface area contributed by atoms with Crippen LogP contribution in [-0.4, -0.2) is 34.2 Å². The van der Waals surface area contributed by atoms with Crippen LogP contribution in [0.25, 0.3) is 0 Å². The van der Waals surface area contributed by atoms with Gasteiger partial charge in [-0.1, -0.05) is 23.4 Å². The molecule has 0 spiro atoms. The zero-order chi connectivity index (χ0) is 26.4. The number of nitrogens with zero attached hydrogens (tertiary/aromatic N) is 3. The van der Waals surface area contributed by atoms with E-state index < -0.39 is 29.1 Å². The Balaban J connectivity index is 1.43. The number of carbonyl (C=O) groups excluding carboxylic acids is 1. The third-order valence-corrected chi connectivity index (χ3v) is 7.25. The lowest BCUT2D eigenvalue weighted by molar-refractivity contribution is -0.137. The van der Waals surface area contributed by atoms with Gasteiger partial charge in [-0.05, 0) is 56.0 Å². The first kappa shape index (κ1) is 25.2. The second kappa shape index (κ2) is 9.44. The van der Waals surface area contributed by atoms with Crippen LogP contribution in [0.4, 0.5) is 17.6 Å². The van der Waals surface area contributed by atoms with Gasteiger partial charge in [0.1, 0.15) is 17.3 Å². The zero-order valence-corrected chi connectivity index (χ0v) is 20.4. The Kier molecular flexibility index (Phi) is 6.43. The van der Waals surface area contributed by atoms with Crippen LogP contribution in [0.5, 0.6) is 5.75 Å². The molecule has 3 atom stereocenters. The molecule has 2 aliphatic heterocycles. The SMILES string of the molecule is COc1cccc(CC2NC(=O)CC(c3nnn4c3CCCC4(C)c3ccc(C(F)(F)F)cc3F)N2)c1. The molecule has 2 aromatic carbocycles. The summed E-state index contributed by atoms with van der Waals surface area (Å²) in [4.78, 5) is 12.6. The number of halogens is 4. The molecule has 3 heterocycles. The normalized spacial score (nSPS) is 23.9. The van der Waals surface area contributed by atoms with Crippen molar-refractivity contribution in [1.82, 2.24) is 25.6 Å². The van der Waals surface area contributed by atoms with Crippen molar-refractivity contribution in [1.29, 1.82) is 0 Å². The molecule has 1 amide bonds. The van der Waals surface area contributed by atoms with Crippen molar-refractivity contribution in [3.8, 4) is 5.75 Å². The van der Waals surface area contributed by atoms with Crippen LogP contribution >= 0.6 is 0 Å². The Labute approximate surface area is 211 Å². The number of ether oxygens (including phenoxy) is 1. The van der Waals surface area contributed by atoms with Crippen LogP contribution in [0.3, 0.4) is 0 Å². The Morgan fingerprint density at radius 1 is 1.22 bits per heavy atom. The number of alkyl halides is 3. The highest BCUT2D eigenvalue weighted by Gasteiger charge is 2.41. The van der Waals surface area contributed by atoms with Gasteiger partial charge in [-0.3, -0.25) is 10.1 Å². The van der Waals surface area contributed by atoms with Gasteiger partial charge in [-0.25, -0.2) is 9.07 Å². The number of benzene rings is 2. The number of aromatic nitrogens is 3. The predicted molar refractivity (Wildman–Crippen MR) is 126 cm³/mol. The van der Waals surface area contributed by atoms with Gasteiger partial charge in [0.2, 0.25) is 5.91 Å². The van der Waals surface area contributed by atoms with E-state index in [9.17, 15) is 22.4 Å². The molecular weight excluding hydrogens is 490 g/mol. The summed E-state index contributed by atoms with van der Waals surface area (Å²) in [6.07, 6.45) is -2.53. The molecule has 0 saturated carbocycles. The second-order valence-corrected chi connectivity index (χ2v) is 9.75. The van der Waals surface area contributed by atoms with Crippen molar-refractivity contribution < 1.29 is 27.1 Å². The average molecular weight is 518 g/mol. The molecule has 196 valence electrons. The first-order chi connectivity index (χ1) is 17.6. The topological polar surface area (TPSA) is 81.1 Å². The van der Waals surface area contributed by atoms with Gasteiger partial charge >= 0.3 is 6.18 Å². The molecule has 0 bridgehead atoms. The Morgan fingerprint density at radius 3 is 2.76 bits per heavy atom. The molecule has 1 saturated heterocycles. The van der Waals surface area contributed by atoms with Gasteiger partial charge in [0.05, 0.1) is 36.1 Å². The minimum absolute atomic E-state index is 0.128. The van der Waals surface area contributed by atoms with Gasteiger partial charge in [0.25, 0.3) is 0 Å². The predicted octanol–water partition coefficient (Wildman–Crippen LogP) is 4.26. The summed E-state index contributed by atoms with van der Waals surface area (Å²) < 4.78 is 61.1. The molecule has 3 unspecified atom stereocenters. The van der Waals surface area contributed by atoms with Crippen molar-refractivity contribution in [2.24, 2.45) is 0 Å². The monoisotopic (exact) mass is 517 g/mol. The van der Waals surface area contributed by atoms with E-state index in [-0.39, 0.29) is 24.1 Å². The fourth-order valence-electron chi connectivity index (χ4n) is 5.40. The standard InChI is InChI=1S/C26H27F4N5O2/c1-25(18-9-8-16(13-19(18)27)26(28,29)30)10-4-7-21-24(33-34-35(21)25)20-14-23(36)32-22(31-20)12-15-5-3-6-17(11-15)37-2/h3,5-6,8-9,11,13,20,22,31H,4,7,10,12,14H2,1-2H3,(H,32,36). The largest absolute Gasteiger partial charge is 0.497 e. The van der Waals surface area contributed by atoms with E-state index in [4.69, 9.17) is 4.74 Å². The summed E-state index contributed by atoms with van der Waals surface area (Å²) in [7, 11) is 1.59. The van der Waals surface area contributed by atoms with Gasteiger partial charge in [-0.15, -0.1) is 5.10 Å². The molecule has 1 fully saturated rings. The number of nitrogens with one attached hydrogen (secondary N) is 2. The highest BCUT2D eigenvalue weighted by Crippen LogP contribution is 2.41. The van der Waals surface area contributed by atoms with Crippen LogP contribution in [0.1, 0.15) is 60.3 Å². The lowest BCUT2D eigenvalue weighted by Crippen LogP contribution is -2.54. The third kappa shape index (κ3) is 4.79. The Bertz CT molecular complexity index is 1320. The smallest absolute Gasteiger partial charge is 0.416 e. The van der Waals surface area contributed by atoms with Gasteiger partial charge < -0.3 is 10.1 Å². The summed E-state index contributed by atoms with van der Waals surface area (Å²) in [6.45, 7) is 1.76. The second-order valence-electron chi connectivity index (χ2n) is 9.75. The molecule has 1 aromatic heterocycles. The fraction of sp³-hybridized carbons (Fsp3) is 0.423. The Morgan fingerprint density at radius 2 is 2.03 bits per heavy atom. The molecule has 37 heavy (non-hydrogen) atoms. The van der Waals surface area contributed by atoms with Crippen molar-refractivity contribution >= 4 is 5.91 Å². The molecule has 5 rings (SSSR count). The van der Waals surface area contributed by atoms with Crippen LogP contribution in [0.2, 0.25) is 0 Å². The van der Waals surface area contributed by atoms with Crippen molar-refractivity contribution in [3.63, 3.8) is 0 Å². The van der Waals surface area contributed by atoms with Crippen molar-refractivity contribution in [3.05, 3.63) is 76.4 Å². The summed E-state index contributed by atoms with van der Waals surface area (Å²) in [5.41, 5.74) is 0.414. The lowest BCUT2D eigenvalue weighted by Gasteiger charge is -2.37. The maximum absolute atomic E-state index is 15.0. The minimum atomic E-state index is -4.63. The zero-order valence-electron chi connectivity index (χ0n) is 20.4. The lowest BCUT2D eigenvalue weighted by atomic mass is 9.82. The van der Waals surface area contributed by atoms with E-state index in [0.29, 0.717) is 37.4 Å². The molecule has 0 aliphatic carbocycles. The van der Waals surface area contributed by atoms with E-state index in [2.05, 4.69) is 20.9 Å². The number of fused-ring (bicyclic) bond motifs is 1. The van der Waals surface area contributed by atoms with Crippen LogP contribution in [-0.2, 0) is 29.4 Å². The molecule has 3 aromatic rings. The molecule has 2 N–H and O–H groups in total. The van der Waals surface area contributed by atoms with Gasteiger partial charge in [0.15, 0.2) is 0 Å². The van der Waals surface area contributed by atoms with Gasteiger partial charge in [-0.2, -0.15) is 13.2 Å². The molecule has 11 heteroatoms. The van der Waals surface area contributed by atoms with E-state index in [1.807, 2.05) is 24.3 Å². The highest BCUT2D eigenvalue weighted by atomic mass is 19.4. The summed E-state index contributed by atoms with van der Waals surface area (Å²) in [6, 6.07) is 9.78. The summed E-state index contributed by atoms with van der Waals surface area (Å²) in [5.74, 6) is -0.347. The Hall–Kier alpha value is -3.47. The van der Waals surface area contributed by atoms with E-state index >= 15 is 0 Å². The number of hydrogen-bond donors (Lipinski definition) is 2. The minimum Gasteiger partial charge on any atom is -0.497 e. The first-order valence-electron chi connectivity index (χ1n) is 12.1. The highest BCUT2D eigenvalue weighted by molar-refractivity contribution is 5.78. The third-order valence-electron chi connectivity index (χ3n) is 7.25. The maximum atomic E-state index is 15.0. The molecular formula is C26H27F4N5O2. The van der Waals surface area contributed by atoms with E-state index in [0.717, 1.165) is 23.1 Å². The maximum Gasteiger partial charge on any atom is 0.416 e. The molecule has 7 nitrogen and oxygen atoms in total.